The van der Waals surface area contributed by atoms with Gasteiger partial charge in [0.05, 0.1) is 26.7 Å². The Morgan fingerprint density at radius 1 is 0.966 bits per heavy atom. The van der Waals surface area contributed by atoms with E-state index in [2.05, 4.69) is 19.2 Å². The van der Waals surface area contributed by atoms with E-state index in [1.165, 1.54) is 7.11 Å². The largest absolute Gasteiger partial charge is 0.493 e. The summed E-state index contributed by atoms with van der Waals surface area (Å²) in [6.07, 6.45) is 0.844. The average Bonchev–Trinajstić information content (AvgIpc) is 2.72. The zero-order valence-electron chi connectivity index (χ0n) is 17.4. The summed E-state index contributed by atoms with van der Waals surface area (Å²) in [6, 6.07) is 14.9. The minimum atomic E-state index is -0.479. The van der Waals surface area contributed by atoms with Crippen LogP contribution in [0.1, 0.15) is 37.4 Å². The number of carbonyl (C=O) groups is 2. The molecule has 1 amide bonds. The minimum Gasteiger partial charge on any atom is -0.493 e. The number of methoxy groups -OCH3 is 2. The van der Waals surface area contributed by atoms with Crippen LogP contribution in [0.25, 0.3) is 0 Å². The van der Waals surface area contributed by atoms with Gasteiger partial charge in [-0.2, -0.15) is 0 Å². The van der Waals surface area contributed by atoms with E-state index < -0.39 is 5.97 Å². The molecule has 0 saturated carbocycles. The van der Waals surface area contributed by atoms with Gasteiger partial charge in [-0.3, -0.25) is 9.59 Å². The molecular formula is C23H29NO5. The second kappa shape index (κ2) is 11.1. The summed E-state index contributed by atoms with van der Waals surface area (Å²) in [5.41, 5.74) is 1.75. The molecule has 0 heterocycles. The quantitative estimate of drug-likeness (QED) is 0.617. The molecule has 0 fully saturated rings. The number of nitrogens with one attached hydrogen (secondary N) is 1. The maximum atomic E-state index is 12.3. The highest BCUT2D eigenvalue weighted by Crippen LogP contribution is 2.27. The Kier molecular flexibility index (Phi) is 8.52. The fourth-order valence-corrected chi connectivity index (χ4v) is 3.03. The molecule has 2 aromatic carbocycles. The van der Waals surface area contributed by atoms with Crippen molar-refractivity contribution in [3.05, 3.63) is 59.7 Å². The molecule has 0 radical (unpaired) electrons. The van der Waals surface area contributed by atoms with Crippen LogP contribution in [0, 0.1) is 5.92 Å². The maximum absolute atomic E-state index is 12.3. The van der Waals surface area contributed by atoms with Crippen LogP contribution < -0.4 is 14.8 Å². The van der Waals surface area contributed by atoms with Crippen LogP contribution in [-0.4, -0.2) is 32.7 Å². The van der Waals surface area contributed by atoms with Crippen LogP contribution in [-0.2, 0) is 20.7 Å². The molecule has 1 N–H and O–H groups in total. The van der Waals surface area contributed by atoms with Crippen molar-refractivity contribution in [3.63, 3.8) is 0 Å². The van der Waals surface area contributed by atoms with Crippen molar-refractivity contribution < 1.29 is 23.8 Å². The van der Waals surface area contributed by atoms with E-state index in [1.54, 1.807) is 25.3 Å². The lowest BCUT2D eigenvalue weighted by Crippen LogP contribution is -2.33. The summed E-state index contributed by atoms with van der Waals surface area (Å²) < 4.78 is 15.6. The highest BCUT2D eigenvalue weighted by atomic mass is 16.5. The minimum absolute atomic E-state index is 0.0434. The predicted molar refractivity (Wildman–Crippen MR) is 111 cm³/mol. The third-order valence-corrected chi connectivity index (χ3v) is 4.40. The van der Waals surface area contributed by atoms with Gasteiger partial charge in [0.25, 0.3) is 5.91 Å². The number of carbonyl (C=O) groups excluding carboxylic acids is 2. The third-order valence-electron chi connectivity index (χ3n) is 4.40. The number of amides is 1. The van der Waals surface area contributed by atoms with Gasteiger partial charge in [-0.15, -0.1) is 0 Å². The average molecular weight is 399 g/mol. The first kappa shape index (κ1) is 22.3. The molecule has 156 valence electrons. The fraction of sp³-hybridized carbons (Fsp3) is 0.391. The summed E-state index contributed by atoms with van der Waals surface area (Å²) in [5, 5.41) is 2.96. The Bertz CT molecular complexity index is 804. The summed E-state index contributed by atoms with van der Waals surface area (Å²) in [4.78, 5) is 24.5. The lowest BCUT2D eigenvalue weighted by Gasteiger charge is -2.21. The van der Waals surface area contributed by atoms with Gasteiger partial charge in [-0.25, -0.2) is 0 Å². The van der Waals surface area contributed by atoms with Crippen molar-refractivity contribution in [1.29, 1.82) is 0 Å². The number of ether oxygens (including phenoxy) is 3. The summed E-state index contributed by atoms with van der Waals surface area (Å²) >= 11 is 0. The van der Waals surface area contributed by atoms with Gasteiger partial charge in [-0.05, 0) is 35.6 Å². The van der Waals surface area contributed by atoms with E-state index in [9.17, 15) is 9.59 Å². The summed E-state index contributed by atoms with van der Waals surface area (Å²) in [5.74, 6) is 0.733. The normalized spacial score (nSPS) is 11.6. The molecule has 0 saturated heterocycles. The SMILES string of the molecule is COc1ccc(CC(=O)OCC(=O)N[C@@H](CC(C)C)c2ccccc2)cc1OC. The zero-order chi connectivity index (χ0) is 21.2. The highest BCUT2D eigenvalue weighted by molar-refractivity contribution is 5.81. The molecule has 29 heavy (non-hydrogen) atoms. The second-order valence-electron chi connectivity index (χ2n) is 7.19. The van der Waals surface area contributed by atoms with Gasteiger partial charge < -0.3 is 19.5 Å². The molecule has 6 heteroatoms. The van der Waals surface area contributed by atoms with Gasteiger partial charge in [0.15, 0.2) is 18.1 Å². The summed E-state index contributed by atoms with van der Waals surface area (Å²) in [7, 11) is 3.08. The Balaban J connectivity index is 1.89. The molecule has 0 spiro atoms. The molecule has 0 aromatic heterocycles. The van der Waals surface area contributed by atoms with Crippen LogP contribution in [0.15, 0.2) is 48.5 Å². The first-order valence-corrected chi connectivity index (χ1v) is 9.63. The predicted octanol–water partition coefficient (Wildman–Crippen LogP) is 3.69. The maximum Gasteiger partial charge on any atom is 0.310 e. The second-order valence-corrected chi connectivity index (χ2v) is 7.19. The lowest BCUT2D eigenvalue weighted by molar-refractivity contribution is -0.148. The first-order valence-electron chi connectivity index (χ1n) is 9.63. The topological polar surface area (TPSA) is 73.9 Å². The first-order chi connectivity index (χ1) is 13.9. The molecule has 0 unspecified atom stereocenters. The van der Waals surface area contributed by atoms with Gasteiger partial charge in [0.2, 0.25) is 0 Å². The van der Waals surface area contributed by atoms with Gasteiger partial charge in [0.1, 0.15) is 0 Å². The molecule has 0 bridgehead atoms. The molecule has 2 rings (SSSR count). The van der Waals surface area contributed by atoms with Gasteiger partial charge >= 0.3 is 5.97 Å². The highest BCUT2D eigenvalue weighted by Gasteiger charge is 2.17. The van der Waals surface area contributed by atoms with Crippen LogP contribution in [0.5, 0.6) is 11.5 Å². The summed E-state index contributed by atoms with van der Waals surface area (Å²) in [6.45, 7) is 3.89. The Labute approximate surface area is 172 Å². The lowest BCUT2D eigenvalue weighted by atomic mass is 9.97. The van der Waals surface area contributed by atoms with Crippen molar-refractivity contribution in [3.8, 4) is 11.5 Å². The van der Waals surface area contributed by atoms with Crippen molar-refractivity contribution in [2.75, 3.05) is 20.8 Å². The van der Waals surface area contributed by atoms with Crippen LogP contribution >= 0.6 is 0 Å². The Morgan fingerprint density at radius 3 is 2.28 bits per heavy atom. The monoisotopic (exact) mass is 399 g/mol. The van der Waals surface area contributed by atoms with E-state index in [-0.39, 0.29) is 25.0 Å². The number of rotatable bonds is 10. The number of benzene rings is 2. The van der Waals surface area contributed by atoms with Gasteiger partial charge in [0, 0.05) is 0 Å². The van der Waals surface area contributed by atoms with Crippen molar-refractivity contribution >= 4 is 11.9 Å². The smallest absolute Gasteiger partial charge is 0.310 e. The third kappa shape index (κ3) is 7.14. The molecule has 0 aliphatic carbocycles. The van der Waals surface area contributed by atoms with E-state index in [4.69, 9.17) is 14.2 Å². The molecule has 2 aromatic rings. The van der Waals surface area contributed by atoms with E-state index in [0.29, 0.717) is 17.4 Å². The zero-order valence-corrected chi connectivity index (χ0v) is 17.4. The van der Waals surface area contributed by atoms with E-state index >= 15 is 0 Å². The molecular weight excluding hydrogens is 370 g/mol. The van der Waals surface area contributed by atoms with Crippen molar-refractivity contribution in [1.82, 2.24) is 5.32 Å². The molecule has 1 atom stereocenters. The van der Waals surface area contributed by atoms with Gasteiger partial charge in [-0.1, -0.05) is 50.2 Å². The number of esters is 1. The Hall–Kier alpha value is -3.02. The van der Waals surface area contributed by atoms with Crippen molar-refractivity contribution in [2.45, 2.75) is 32.7 Å². The van der Waals surface area contributed by atoms with E-state index in [1.807, 2.05) is 30.3 Å². The number of hydrogen-bond donors (Lipinski definition) is 1. The van der Waals surface area contributed by atoms with Crippen LogP contribution in [0.4, 0.5) is 0 Å². The standard InChI is InChI=1S/C23H29NO5/c1-16(2)12-19(18-8-6-5-7-9-18)24-22(25)15-29-23(26)14-17-10-11-20(27-3)21(13-17)28-4/h5-11,13,16,19H,12,14-15H2,1-4H3,(H,24,25)/t19-/m0/s1. The number of hydrogen-bond acceptors (Lipinski definition) is 5. The molecule has 0 aliphatic rings. The fourth-order valence-electron chi connectivity index (χ4n) is 3.03. The Morgan fingerprint density at radius 2 is 1.66 bits per heavy atom. The molecule has 6 nitrogen and oxygen atoms in total. The van der Waals surface area contributed by atoms with E-state index in [0.717, 1.165) is 17.5 Å². The van der Waals surface area contributed by atoms with Crippen LogP contribution in [0.2, 0.25) is 0 Å². The van der Waals surface area contributed by atoms with Crippen molar-refractivity contribution in [2.24, 2.45) is 5.92 Å². The van der Waals surface area contributed by atoms with Crippen LogP contribution in [0.3, 0.4) is 0 Å². The molecule has 0 aliphatic heterocycles.